The summed E-state index contributed by atoms with van der Waals surface area (Å²) in [5.74, 6) is -3.27. The Morgan fingerprint density at radius 1 is 1.13 bits per heavy atom. The van der Waals surface area contributed by atoms with Crippen molar-refractivity contribution in [2.45, 2.75) is 116 Å². The highest BCUT2D eigenvalue weighted by Gasteiger charge is 2.39. The van der Waals surface area contributed by atoms with Gasteiger partial charge in [0.05, 0.1) is 18.6 Å². The molecule has 1 aromatic heterocycles. The van der Waals surface area contributed by atoms with E-state index >= 15 is 0 Å². The number of ether oxygens (including phenoxy) is 2. The lowest BCUT2D eigenvalue weighted by Gasteiger charge is -2.40. The van der Waals surface area contributed by atoms with E-state index in [4.69, 9.17) is 9.47 Å². The van der Waals surface area contributed by atoms with Gasteiger partial charge >= 0.3 is 11.9 Å². The normalized spacial score (nSPS) is 21.1. The minimum Gasteiger partial charge on any atom is -0.481 e. The van der Waals surface area contributed by atoms with Gasteiger partial charge in [0, 0.05) is 44.5 Å². The van der Waals surface area contributed by atoms with Crippen molar-refractivity contribution in [3.8, 4) is 0 Å². The Morgan fingerprint density at radius 2 is 1.87 bits per heavy atom. The molecule has 1 aromatic carbocycles. The van der Waals surface area contributed by atoms with Gasteiger partial charge in [-0.3, -0.25) is 28.9 Å². The molecule has 1 fully saturated rings. The molecule has 13 nitrogen and oxygen atoms in total. The van der Waals surface area contributed by atoms with E-state index in [9.17, 15) is 29.1 Å². The van der Waals surface area contributed by atoms with Gasteiger partial charge in [-0.15, -0.1) is 11.3 Å². The van der Waals surface area contributed by atoms with Crippen LogP contribution < -0.4 is 10.6 Å². The monoisotopic (exact) mass is 755 g/mol. The second-order valence-corrected chi connectivity index (χ2v) is 15.7. The molecule has 53 heavy (non-hydrogen) atoms. The largest absolute Gasteiger partial charge is 0.481 e. The zero-order valence-electron chi connectivity index (χ0n) is 32.1. The quantitative estimate of drug-likeness (QED) is 0.195. The first-order valence-electron chi connectivity index (χ1n) is 18.8. The van der Waals surface area contributed by atoms with E-state index < -0.39 is 48.0 Å². The predicted octanol–water partition coefficient (Wildman–Crippen LogP) is 4.57. The summed E-state index contributed by atoms with van der Waals surface area (Å²) in [5, 5.41) is 18.0. The Hall–Kier alpha value is -3.88. The highest BCUT2D eigenvalue weighted by Crippen LogP contribution is 2.34. The summed E-state index contributed by atoms with van der Waals surface area (Å²) in [6, 6.07) is 5.46. The lowest BCUT2D eigenvalue weighted by molar-refractivity contribution is -0.150. The summed E-state index contributed by atoms with van der Waals surface area (Å²) in [5.41, 5.74) is 1.78. The number of carbonyl (C=O) groups is 5. The van der Waals surface area contributed by atoms with Gasteiger partial charge in [-0.05, 0) is 62.2 Å². The van der Waals surface area contributed by atoms with Gasteiger partial charge in [0.15, 0.2) is 6.10 Å². The van der Waals surface area contributed by atoms with Crippen molar-refractivity contribution in [3.05, 3.63) is 51.5 Å². The average molecular weight is 756 g/mol. The second kappa shape index (κ2) is 19.4. The average Bonchev–Trinajstić information content (AvgIpc) is 3.63. The molecular weight excluding hydrogens is 699 g/mol. The van der Waals surface area contributed by atoms with Crippen LogP contribution >= 0.6 is 11.3 Å². The number of benzene rings is 1. The molecule has 292 valence electrons. The standard InChI is InChI=1S/C39H57N5O8S/c1-8-24(4)34(42-36(47)31-15-11-12-16-43(31)6)38(48)44(17-18-51-7)32(23(2)3)21-33(52-25(5)45)37-41-30(22-53-37)35(46)40-27-19-26-13-9-10-14-28(26)29(20-27)39(49)50/h9-10,13-14,22-24,27,29,31-34H,8,11-12,15-21H2,1-7H3,(H,40,46)(H,42,47)(H,49,50)/t24-,27-,29+,31+,32+,33+,34-/m0/s1. The number of thiazole rings is 1. The fraction of sp³-hybridized carbons (Fsp3) is 0.641. The molecule has 3 N–H and O–H groups in total. The summed E-state index contributed by atoms with van der Waals surface area (Å²) < 4.78 is 11.3. The number of aromatic nitrogens is 1. The number of hydrogen-bond donors (Lipinski definition) is 3. The molecule has 0 radical (unpaired) electrons. The van der Waals surface area contributed by atoms with Crippen molar-refractivity contribution in [2.75, 3.05) is 33.9 Å². The van der Waals surface area contributed by atoms with Gasteiger partial charge in [0.1, 0.15) is 16.7 Å². The summed E-state index contributed by atoms with van der Waals surface area (Å²) in [7, 11) is 3.51. The Kier molecular flexibility index (Phi) is 15.4. The minimum atomic E-state index is -0.941. The third-order valence-corrected chi connectivity index (χ3v) is 11.6. The molecule has 0 bridgehead atoms. The van der Waals surface area contributed by atoms with Gasteiger partial charge in [-0.2, -0.15) is 0 Å². The molecule has 2 heterocycles. The molecule has 0 unspecified atom stereocenters. The van der Waals surface area contributed by atoms with E-state index in [1.807, 2.05) is 63.9 Å². The Morgan fingerprint density at radius 3 is 2.51 bits per heavy atom. The Bertz CT molecular complexity index is 1580. The number of amides is 3. The summed E-state index contributed by atoms with van der Waals surface area (Å²) in [4.78, 5) is 74.6. The summed E-state index contributed by atoms with van der Waals surface area (Å²) in [6.45, 7) is 10.6. The van der Waals surface area contributed by atoms with E-state index in [0.717, 1.165) is 36.9 Å². The number of carbonyl (C=O) groups excluding carboxylic acids is 4. The van der Waals surface area contributed by atoms with E-state index in [1.165, 1.54) is 18.3 Å². The van der Waals surface area contributed by atoms with Crippen LogP contribution in [0.1, 0.15) is 112 Å². The van der Waals surface area contributed by atoms with Gasteiger partial charge in [0.2, 0.25) is 11.8 Å². The maximum atomic E-state index is 14.6. The number of aliphatic carboxylic acids is 1. The van der Waals surface area contributed by atoms with Gasteiger partial charge in [-0.1, -0.05) is 64.8 Å². The molecule has 4 rings (SSSR count). The van der Waals surface area contributed by atoms with Crippen molar-refractivity contribution in [3.63, 3.8) is 0 Å². The van der Waals surface area contributed by atoms with Crippen LogP contribution in [0.5, 0.6) is 0 Å². The fourth-order valence-electron chi connectivity index (χ4n) is 7.49. The minimum absolute atomic E-state index is 0.0919. The maximum Gasteiger partial charge on any atom is 0.311 e. The van der Waals surface area contributed by atoms with E-state index in [2.05, 4.69) is 15.6 Å². The second-order valence-electron chi connectivity index (χ2n) is 14.8. The molecule has 2 aliphatic rings. The van der Waals surface area contributed by atoms with E-state index in [0.29, 0.717) is 17.8 Å². The van der Waals surface area contributed by atoms with Crippen molar-refractivity contribution in [2.24, 2.45) is 11.8 Å². The van der Waals surface area contributed by atoms with Gasteiger partial charge in [-0.25, -0.2) is 4.98 Å². The molecule has 1 aliphatic carbocycles. The lowest BCUT2D eigenvalue weighted by Crippen LogP contribution is -2.59. The number of esters is 1. The molecule has 2 aromatic rings. The number of fused-ring (bicyclic) bond motifs is 1. The van der Waals surface area contributed by atoms with Crippen molar-refractivity contribution >= 4 is 41.0 Å². The van der Waals surface area contributed by atoms with E-state index in [1.54, 1.807) is 17.4 Å². The third-order valence-electron chi connectivity index (χ3n) is 10.7. The molecule has 1 saturated heterocycles. The smallest absolute Gasteiger partial charge is 0.311 e. The van der Waals surface area contributed by atoms with Crippen LogP contribution in [0.15, 0.2) is 29.6 Å². The zero-order chi connectivity index (χ0) is 38.8. The highest BCUT2D eigenvalue weighted by molar-refractivity contribution is 7.09. The number of likely N-dealkylation sites (tertiary alicyclic amines) is 1. The first-order chi connectivity index (χ1) is 25.2. The van der Waals surface area contributed by atoms with Crippen molar-refractivity contribution < 1.29 is 38.6 Å². The zero-order valence-corrected chi connectivity index (χ0v) is 32.9. The number of rotatable bonds is 17. The first kappa shape index (κ1) is 41.9. The van der Waals surface area contributed by atoms with Crippen LogP contribution in [-0.4, -0.2) is 108 Å². The van der Waals surface area contributed by atoms with Gasteiger partial charge < -0.3 is 30.1 Å². The number of hydrogen-bond acceptors (Lipinski definition) is 10. The summed E-state index contributed by atoms with van der Waals surface area (Å²) >= 11 is 1.18. The third kappa shape index (κ3) is 10.9. The number of methoxy groups -OCH3 is 1. The predicted molar refractivity (Wildman–Crippen MR) is 202 cm³/mol. The molecule has 7 atom stereocenters. The molecule has 1 aliphatic heterocycles. The van der Waals surface area contributed by atoms with Crippen LogP contribution in [0.25, 0.3) is 0 Å². The molecule has 0 saturated carbocycles. The number of nitrogens with one attached hydrogen (secondary N) is 2. The molecule has 3 amide bonds. The number of carboxylic acid groups (broad SMARTS) is 1. The topological polar surface area (TPSA) is 167 Å². The number of piperidine rings is 1. The van der Waals surface area contributed by atoms with Crippen LogP contribution in [0.2, 0.25) is 0 Å². The number of likely N-dealkylation sites (N-methyl/N-ethyl adjacent to an activating group) is 1. The van der Waals surface area contributed by atoms with Crippen LogP contribution in [-0.2, 0) is 35.1 Å². The first-order valence-corrected chi connectivity index (χ1v) is 19.7. The van der Waals surface area contributed by atoms with Crippen molar-refractivity contribution in [1.82, 2.24) is 25.4 Å². The van der Waals surface area contributed by atoms with Crippen LogP contribution in [0, 0.1) is 11.8 Å². The molecule has 14 heteroatoms. The molecular formula is C39H57N5O8S. The number of carboxylic acids is 1. The Labute approximate surface area is 317 Å². The highest BCUT2D eigenvalue weighted by atomic mass is 32.1. The van der Waals surface area contributed by atoms with Crippen LogP contribution in [0.3, 0.4) is 0 Å². The molecule has 0 spiro atoms. The van der Waals surface area contributed by atoms with Gasteiger partial charge in [0.25, 0.3) is 5.91 Å². The summed E-state index contributed by atoms with van der Waals surface area (Å²) in [6.07, 6.45) is 3.48. The fourth-order valence-corrected chi connectivity index (χ4v) is 8.33. The number of nitrogens with zero attached hydrogens (tertiary/aromatic N) is 3. The van der Waals surface area contributed by atoms with E-state index in [-0.39, 0.29) is 61.4 Å². The SMILES string of the molecule is CC[C@H](C)[C@H](NC(=O)[C@H]1CCCCN1C)C(=O)N(CCOC)[C@H](C[C@@H](OC(C)=O)c1nc(C(=O)N[C@H]2Cc3ccccc3[C@H](C(=O)O)C2)cs1)C(C)C. The Balaban J connectivity index is 1.56. The lowest BCUT2D eigenvalue weighted by atomic mass is 9.80. The van der Waals surface area contributed by atoms with Crippen LogP contribution in [0.4, 0.5) is 0 Å². The maximum absolute atomic E-state index is 14.6. The van der Waals surface area contributed by atoms with Crippen molar-refractivity contribution in [1.29, 1.82) is 0 Å².